The van der Waals surface area contributed by atoms with Crippen molar-refractivity contribution in [2.24, 2.45) is 11.3 Å². The van der Waals surface area contributed by atoms with E-state index in [0.29, 0.717) is 5.92 Å². The number of nitrogens with zero attached hydrogens (tertiary/aromatic N) is 1. The maximum absolute atomic E-state index is 10.3. The highest BCUT2D eigenvalue weighted by Crippen LogP contribution is 2.44. The van der Waals surface area contributed by atoms with E-state index in [1.54, 1.807) is 0 Å². The van der Waals surface area contributed by atoms with Crippen molar-refractivity contribution < 1.29 is 5.11 Å². The van der Waals surface area contributed by atoms with Crippen LogP contribution in [0.4, 0.5) is 0 Å². The Labute approximate surface area is 92.3 Å². The van der Waals surface area contributed by atoms with E-state index in [1.165, 1.54) is 19.3 Å². The lowest BCUT2D eigenvalue weighted by molar-refractivity contribution is -0.0241. The Bertz CT molecular complexity index is 244. The van der Waals surface area contributed by atoms with Gasteiger partial charge < -0.3 is 5.11 Å². The van der Waals surface area contributed by atoms with Gasteiger partial charge in [-0.15, -0.1) is 0 Å². The fourth-order valence-corrected chi connectivity index (χ4v) is 3.04. The van der Waals surface area contributed by atoms with E-state index in [1.807, 2.05) is 0 Å². The molecular formula is C13H21NO. The van der Waals surface area contributed by atoms with Crippen LogP contribution in [0.5, 0.6) is 0 Å². The maximum Gasteiger partial charge on any atom is 0.0835 e. The lowest BCUT2D eigenvalue weighted by Gasteiger charge is -2.40. The Kier molecular flexibility index (Phi) is 3.31. The molecule has 0 spiro atoms. The Morgan fingerprint density at radius 2 is 1.67 bits per heavy atom. The van der Waals surface area contributed by atoms with Crippen molar-refractivity contribution in [1.29, 1.82) is 5.26 Å². The number of hydrogen-bond acceptors (Lipinski definition) is 2. The minimum absolute atomic E-state index is 0.352. The first-order valence-corrected chi connectivity index (χ1v) is 6.38. The molecule has 0 aromatic rings. The molecule has 1 unspecified atom stereocenters. The summed E-state index contributed by atoms with van der Waals surface area (Å²) in [5.41, 5.74) is -0.401. The summed E-state index contributed by atoms with van der Waals surface area (Å²) in [6, 6.07) is 2.46. The van der Waals surface area contributed by atoms with E-state index >= 15 is 0 Å². The molecule has 0 bridgehead atoms. The van der Waals surface area contributed by atoms with Crippen LogP contribution in [-0.2, 0) is 0 Å². The van der Waals surface area contributed by atoms with Gasteiger partial charge in [0.05, 0.1) is 17.6 Å². The van der Waals surface area contributed by atoms with Gasteiger partial charge in [0.1, 0.15) is 0 Å². The first-order valence-electron chi connectivity index (χ1n) is 6.38. The van der Waals surface area contributed by atoms with Gasteiger partial charge in [-0.05, 0) is 31.6 Å². The second-order valence-electron chi connectivity index (χ2n) is 5.32. The molecule has 1 atom stereocenters. The zero-order chi connectivity index (χ0) is 10.7. The van der Waals surface area contributed by atoms with Crippen LogP contribution in [0.3, 0.4) is 0 Å². The predicted molar refractivity (Wildman–Crippen MR) is 59.1 cm³/mol. The SMILES string of the molecule is N#CC1(C(O)C2CCC2)CCCCCC1. The predicted octanol–water partition coefficient (Wildman–Crippen LogP) is 3.01. The quantitative estimate of drug-likeness (QED) is 0.707. The lowest BCUT2D eigenvalue weighted by Crippen LogP contribution is -2.41. The standard InChI is InChI=1S/C13H21NO/c14-10-13(8-3-1-2-4-9-13)12(15)11-6-5-7-11/h11-12,15H,1-9H2. The average molecular weight is 207 g/mol. The topological polar surface area (TPSA) is 44.0 Å². The Hall–Kier alpha value is -0.550. The van der Waals surface area contributed by atoms with Gasteiger partial charge in [-0.2, -0.15) is 5.26 Å². The van der Waals surface area contributed by atoms with Crippen LogP contribution >= 0.6 is 0 Å². The minimum atomic E-state index is -0.401. The molecule has 0 aromatic carbocycles. The van der Waals surface area contributed by atoms with E-state index in [0.717, 1.165) is 38.5 Å². The van der Waals surface area contributed by atoms with Crippen LogP contribution in [0.1, 0.15) is 57.8 Å². The van der Waals surface area contributed by atoms with Gasteiger partial charge in [0.2, 0.25) is 0 Å². The number of aliphatic hydroxyl groups is 1. The van der Waals surface area contributed by atoms with E-state index < -0.39 is 5.41 Å². The van der Waals surface area contributed by atoms with Gasteiger partial charge in [-0.25, -0.2) is 0 Å². The molecule has 2 saturated carbocycles. The van der Waals surface area contributed by atoms with Crippen molar-refractivity contribution in [2.45, 2.75) is 63.9 Å². The summed E-state index contributed by atoms with van der Waals surface area (Å²) in [6.45, 7) is 0. The van der Waals surface area contributed by atoms with Crippen LogP contribution in [0.15, 0.2) is 0 Å². The second-order valence-corrected chi connectivity index (χ2v) is 5.32. The van der Waals surface area contributed by atoms with Crippen molar-refractivity contribution >= 4 is 0 Å². The van der Waals surface area contributed by atoms with Gasteiger partial charge in [0.25, 0.3) is 0 Å². The third kappa shape index (κ3) is 2.03. The monoisotopic (exact) mass is 207 g/mol. The molecule has 0 aromatic heterocycles. The van der Waals surface area contributed by atoms with Crippen molar-refractivity contribution in [1.82, 2.24) is 0 Å². The lowest BCUT2D eigenvalue weighted by atomic mass is 9.66. The number of rotatable bonds is 2. The van der Waals surface area contributed by atoms with Crippen molar-refractivity contribution in [2.75, 3.05) is 0 Å². The Morgan fingerprint density at radius 3 is 2.07 bits per heavy atom. The Morgan fingerprint density at radius 1 is 1.07 bits per heavy atom. The van der Waals surface area contributed by atoms with Gasteiger partial charge in [0.15, 0.2) is 0 Å². The molecule has 0 heterocycles. The Balaban J connectivity index is 2.07. The van der Waals surface area contributed by atoms with Crippen molar-refractivity contribution in [3.63, 3.8) is 0 Å². The molecule has 2 heteroatoms. The van der Waals surface area contributed by atoms with Crippen LogP contribution in [0.25, 0.3) is 0 Å². The molecule has 2 rings (SSSR count). The fraction of sp³-hybridized carbons (Fsp3) is 0.923. The molecule has 15 heavy (non-hydrogen) atoms. The molecule has 2 aliphatic carbocycles. The van der Waals surface area contributed by atoms with E-state index in [9.17, 15) is 10.4 Å². The number of hydrogen-bond donors (Lipinski definition) is 1. The van der Waals surface area contributed by atoms with Gasteiger partial charge in [-0.3, -0.25) is 0 Å². The third-order valence-corrected chi connectivity index (χ3v) is 4.38. The molecule has 0 saturated heterocycles. The largest absolute Gasteiger partial charge is 0.391 e. The zero-order valence-electron chi connectivity index (χ0n) is 9.41. The van der Waals surface area contributed by atoms with Gasteiger partial charge in [-0.1, -0.05) is 32.1 Å². The first kappa shape index (κ1) is 11.0. The van der Waals surface area contributed by atoms with Crippen LogP contribution in [0, 0.1) is 22.7 Å². The normalized spacial score (nSPS) is 28.5. The first-order chi connectivity index (χ1) is 7.28. The molecule has 1 N–H and O–H groups in total. The molecule has 0 amide bonds. The van der Waals surface area contributed by atoms with Gasteiger partial charge in [0, 0.05) is 0 Å². The minimum Gasteiger partial charge on any atom is -0.391 e. The third-order valence-electron chi connectivity index (χ3n) is 4.38. The summed E-state index contributed by atoms with van der Waals surface area (Å²) in [5, 5.41) is 19.7. The zero-order valence-corrected chi connectivity index (χ0v) is 9.41. The number of nitriles is 1. The second kappa shape index (κ2) is 4.53. The molecule has 84 valence electrons. The highest BCUT2D eigenvalue weighted by atomic mass is 16.3. The number of aliphatic hydroxyl groups excluding tert-OH is 1. The van der Waals surface area contributed by atoms with E-state index in [-0.39, 0.29) is 6.10 Å². The summed E-state index contributed by atoms with van der Waals surface area (Å²) < 4.78 is 0. The van der Waals surface area contributed by atoms with Crippen LogP contribution in [-0.4, -0.2) is 11.2 Å². The summed E-state index contributed by atoms with van der Waals surface area (Å²) >= 11 is 0. The molecule has 2 fully saturated rings. The summed E-state index contributed by atoms with van der Waals surface area (Å²) in [6.07, 6.45) is 9.70. The van der Waals surface area contributed by atoms with Crippen LogP contribution in [0.2, 0.25) is 0 Å². The van der Waals surface area contributed by atoms with E-state index in [2.05, 4.69) is 6.07 Å². The summed E-state index contributed by atoms with van der Waals surface area (Å²) in [4.78, 5) is 0. The molecule has 2 nitrogen and oxygen atoms in total. The molecule has 0 aliphatic heterocycles. The van der Waals surface area contributed by atoms with Crippen molar-refractivity contribution in [3.8, 4) is 6.07 Å². The van der Waals surface area contributed by atoms with Crippen molar-refractivity contribution in [3.05, 3.63) is 0 Å². The summed E-state index contributed by atoms with van der Waals surface area (Å²) in [7, 11) is 0. The highest BCUT2D eigenvalue weighted by Gasteiger charge is 2.43. The van der Waals surface area contributed by atoms with Gasteiger partial charge >= 0.3 is 0 Å². The molecular weight excluding hydrogens is 186 g/mol. The molecule has 0 radical (unpaired) electrons. The highest BCUT2D eigenvalue weighted by molar-refractivity contribution is 5.06. The maximum atomic E-state index is 10.3. The van der Waals surface area contributed by atoms with Crippen LogP contribution < -0.4 is 0 Å². The molecule has 2 aliphatic rings. The summed E-state index contributed by atoms with van der Waals surface area (Å²) in [5.74, 6) is 0.419. The van der Waals surface area contributed by atoms with E-state index in [4.69, 9.17) is 0 Å². The fourth-order valence-electron chi connectivity index (χ4n) is 3.04. The average Bonchev–Trinajstić information content (AvgIpc) is 2.40. The smallest absolute Gasteiger partial charge is 0.0835 e.